The number of hydrogen-bond acceptors (Lipinski definition) is 8. The molecule has 2 aromatic heterocycles. The van der Waals surface area contributed by atoms with Crippen LogP contribution >= 0.6 is 11.6 Å². The van der Waals surface area contributed by atoms with E-state index in [1.54, 1.807) is 6.07 Å². The second kappa shape index (κ2) is 7.28. The zero-order valence-corrected chi connectivity index (χ0v) is 17.0. The number of aromatic nitrogens is 5. The van der Waals surface area contributed by atoms with Crippen LogP contribution in [0.1, 0.15) is 5.56 Å². The van der Waals surface area contributed by atoms with E-state index in [-0.39, 0.29) is 12.4 Å². The average molecular weight is 430 g/mol. The third-order valence-corrected chi connectivity index (χ3v) is 6.00. The molecule has 1 N–H and O–H groups in total. The van der Waals surface area contributed by atoms with Crippen molar-refractivity contribution >= 4 is 29.1 Å². The lowest BCUT2D eigenvalue weighted by Crippen LogP contribution is -2.29. The number of aryl methyl sites for hydroxylation is 1. The van der Waals surface area contributed by atoms with Gasteiger partial charge in [0.05, 0.1) is 0 Å². The van der Waals surface area contributed by atoms with Gasteiger partial charge in [-0.3, -0.25) is 4.79 Å². The van der Waals surface area contributed by atoms with E-state index < -0.39 is 5.97 Å². The second-order valence-electron chi connectivity index (χ2n) is 7.85. The molecular weight excluding hydrogens is 410 g/mol. The normalized spacial score (nSPS) is 20.7. The number of hydrogen-bond donors (Lipinski definition) is 1. The number of carboxylic acid groups (broad SMARTS) is 1. The fraction of sp³-hybridized carbons (Fsp3) is 0.421. The number of anilines is 2. The van der Waals surface area contributed by atoms with Gasteiger partial charge in [-0.2, -0.15) is 4.80 Å². The number of tetrazole rings is 1. The van der Waals surface area contributed by atoms with Crippen LogP contribution in [0.4, 0.5) is 11.5 Å². The molecule has 0 amide bonds. The van der Waals surface area contributed by atoms with Crippen LogP contribution in [0.25, 0.3) is 11.6 Å². The van der Waals surface area contributed by atoms with Crippen LogP contribution in [-0.2, 0) is 11.3 Å². The highest BCUT2D eigenvalue weighted by Gasteiger charge is 2.41. The monoisotopic (exact) mass is 429 g/mol. The van der Waals surface area contributed by atoms with E-state index >= 15 is 0 Å². The van der Waals surface area contributed by atoms with Crippen LogP contribution in [0, 0.1) is 18.8 Å². The van der Waals surface area contributed by atoms with Crippen molar-refractivity contribution in [3.8, 4) is 11.6 Å². The van der Waals surface area contributed by atoms with Gasteiger partial charge in [-0.1, -0.05) is 22.8 Å². The van der Waals surface area contributed by atoms with E-state index in [9.17, 15) is 4.79 Å². The number of benzene rings is 1. The van der Waals surface area contributed by atoms with Crippen LogP contribution in [-0.4, -0.2) is 62.6 Å². The van der Waals surface area contributed by atoms with E-state index in [0.29, 0.717) is 17.6 Å². The Bertz CT molecular complexity index is 1080. The molecule has 4 heterocycles. The molecule has 0 aliphatic carbocycles. The number of halogens is 1. The summed E-state index contributed by atoms with van der Waals surface area (Å²) in [4.78, 5) is 16.4. The fourth-order valence-electron chi connectivity index (χ4n) is 4.35. The minimum atomic E-state index is -1.04. The molecule has 1 aromatic carbocycles. The first-order valence-electron chi connectivity index (χ1n) is 9.69. The number of aliphatic carboxylic acids is 1. The Morgan fingerprint density at radius 3 is 2.67 bits per heavy atom. The summed E-state index contributed by atoms with van der Waals surface area (Å²) in [5.41, 5.74) is 2.45. The van der Waals surface area contributed by atoms with E-state index in [4.69, 9.17) is 21.2 Å². The number of rotatable bonds is 5. The Kier molecular flexibility index (Phi) is 4.58. The molecule has 0 radical (unpaired) electrons. The Labute approximate surface area is 177 Å². The van der Waals surface area contributed by atoms with Gasteiger partial charge >= 0.3 is 5.97 Å². The predicted octanol–water partition coefficient (Wildman–Crippen LogP) is 1.95. The molecule has 2 aliphatic rings. The van der Waals surface area contributed by atoms with Gasteiger partial charge in [0, 0.05) is 54.8 Å². The van der Waals surface area contributed by atoms with Crippen LogP contribution in [0.3, 0.4) is 0 Å². The first kappa shape index (κ1) is 18.9. The highest BCUT2D eigenvalue weighted by molar-refractivity contribution is 6.30. The molecule has 2 fully saturated rings. The van der Waals surface area contributed by atoms with Crippen LogP contribution in [0.2, 0.25) is 5.02 Å². The maximum absolute atomic E-state index is 10.8. The lowest BCUT2D eigenvalue weighted by Gasteiger charge is -2.24. The highest BCUT2D eigenvalue weighted by Crippen LogP contribution is 2.38. The van der Waals surface area contributed by atoms with E-state index in [2.05, 4.69) is 43.4 Å². The Morgan fingerprint density at radius 2 is 1.93 bits per heavy atom. The largest absolute Gasteiger partial charge is 0.480 e. The van der Waals surface area contributed by atoms with Gasteiger partial charge in [0.1, 0.15) is 0 Å². The topological polar surface area (TPSA) is 113 Å². The highest BCUT2D eigenvalue weighted by atomic mass is 35.5. The molecule has 30 heavy (non-hydrogen) atoms. The molecule has 0 saturated carbocycles. The summed E-state index contributed by atoms with van der Waals surface area (Å²) in [6.07, 6.45) is 0. The maximum atomic E-state index is 10.8. The quantitative estimate of drug-likeness (QED) is 0.649. The Hall–Kier alpha value is -3.14. The van der Waals surface area contributed by atoms with E-state index in [0.717, 1.165) is 41.8 Å². The van der Waals surface area contributed by atoms with E-state index in [1.165, 1.54) is 11.3 Å². The zero-order valence-electron chi connectivity index (χ0n) is 16.3. The molecule has 2 unspecified atom stereocenters. The molecule has 0 spiro atoms. The summed E-state index contributed by atoms with van der Waals surface area (Å²) >= 11 is 6.20. The first-order chi connectivity index (χ1) is 14.5. The summed E-state index contributed by atoms with van der Waals surface area (Å²) in [6, 6.07) is 7.82. The van der Waals surface area contributed by atoms with Gasteiger partial charge in [0.2, 0.25) is 11.6 Å². The lowest BCUT2D eigenvalue weighted by atomic mass is 10.0. The van der Waals surface area contributed by atoms with Crippen molar-refractivity contribution < 1.29 is 14.4 Å². The molecule has 2 saturated heterocycles. The van der Waals surface area contributed by atoms with Crippen molar-refractivity contribution in [2.75, 3.05) is 36.0 Å². The molecule has 3 aromatic rings. The summed E-state index contributed by atoms with van der Waals surface area (Å²) < 4.78 is 5.38. The number of carboxylic acids is 1. The van der Waals surface area contributed by atoms with Gasteiger partial charge in [-0.15, -0.1) is 10.2 Å². The smallest absolute Gasteiger partial charge is 0.327 e. The van der Waals surface area contributed by atoms with Crippen molar-refractivity contribution in [2.24, 2.45) is 11.8 Å². The van der Waals surface area contributed by atoms with E-state index in [1.807, 2.05) is 12.1 Å². The molecule has 10 nitrogen and oxygen atoms in total. The van der Waals surface area contributed by atoms with Gasteiger partial charge in [-0.25, -0.2) is 0 Å². The van der Waals surface area contributed by atoms with Crippen molar-refractivity contribution in [3.63, 3.8) is 0 Å². The third kappa shape index (κ3) is 3.47. The standard InChI is InChI=1S/C19H20ClN7O3/c1-11-2-3-14(20)4-15(11)25-6-12-8-26(9-13(12)7-25)17-5-16(30-23-17)19-21-24-27(22-19)10-18(28)29/h2-5,12-13H,6-10H2,1H3,(H,28,29). The Balaban J connectivity index is 1.25. The maximum Gasteiger partial charge on any atom is 0.327 e. The molecule has 11 heteroatoms. The average Bonchev–Trinajstić information content (AvgIpc) is 3.44. The summed E-state index contributed by atoms with van der Waals surface area (Å²) in [7, 11) is 0. The summed E-state index contributed by atoms with van der Waals surface area (Å²) in [5.74, 6) is 1.37. The molecule has 2 atom stereocenters. The van der Waals surface area contributed by atoms with Gasteiger partial charge in [0.15, 0.2) is 12.4 Å². The van der Waals surface area contributed by atoms with Crippen LogP contribution in [0.5, 0.6) is 0 Å². The zero-order chi connectivity index (χ0) is 20.8. The van der Waals surface area contributed by atoms with Crippen molar-refractivity contribution in [1.82, 2.24) is 25.4 Å². The number of fused-ring (bicyclic) bond motifs is 1. The van der Waals surface area contributed by atoms with Gasteiger partial charge in [-0.05, 0) is 29.8 Å². The minimum Gasteiger partial charge on any atom is -0.480 e. The first-order valence-corrected chi connectivity index (χ1v) is 10.1. The molecule has 5 rings (SSSR count). The van der Waals surface area contributed by atoms with Crippen LogP contribution in [0.15, 0.2) is 28.8 Å². The molecule has 2 aliphatic heterocycles. The Morgan fingerprint density at radius 1 is 1.20 bits per heavy atom. The van der Waals surface area contributed by atoms with Crippen molar-refractivity contribution in [3.05, 3.63) is 34.9 Å². The predicted molar refractivity (Wildman–Crippen MR) is 109 cm³/mol. The lowest BCUT2D eigenvalue weighted by molar-refractivity contribution is -0.138. The number of nitrogens with zero attached hydrogens (tertiary/aromatic N) is 7. The molecule has 156 valence electrons. The molecular formula is C19H20ClN7O3. The van der Waals surface area contributed by atoms with Crippen molar-refractivity contribution in [2.45, 2.75) is 13.5 Å². The van der Waals surface area contributed by atoms with Crippen LogP contribution < -0.4 is 9.80 Å². The number of carbonyl (C=O) groups is 1. The SMILES string of the molecule is Cc1ccc(Cl)cc1N1CC2CN(c3cc(-c4nnn(CC(=O)O)n4)on3)CC2C1. The molecule has 0 bridgehead atoms. The van der Waals surface area contributed by atoms with Crippen molar-refractivity contribution in [1.29, 1.82) is 0 Å². The second-order valence-corrected chi connectivity index (χ2v) is 8.28. The van der Waals surface area contributed by atoms with Gasteiger partial charge < -0.3 is 19.4 Å². The third-order valence-electron chi connectivity index (χ3n) is 5.77. The fourth-order valence-corrected chi connectivity index (χ4v) is 4.52. The van der Waals surface area contributed by atoms with Gasteiger partial charge in [0.25, 0.3) is 0 Å². The minimum absolute atomic E-state index is 0.219. The summed E-state index contributed by atoms with van der Waals surface area (Å²) in [5, 5.41) is 25.3. The summed E-state index contributed by atoms with van der Waals surface area (Å²) in [6.45, 7) is 5.52.